The van der Waals surface area contributed by atoms with E-state index >= 15 is 0 Å². The maximum Gasteiger partial charge on any atom is 0.326 e. The van der Waals surface area contributed by atoms with Gasteiger partial charge in [0.2, 0.25) is 0 Å². The third-order valence-electron chi connectivity index (χ3n) is 4.43. The molecule has 0 aliphatic carbocycles. The summed E-state index contributed by atoms with van der Waals surface area (Å²) in [5, 5.41) is 7.19. The third kappa shape index (κ3) is 3.42. The lowest BCUT2D eigenvalue weighted by molar-refractivity contribution is -0.156. The van der Waals surface area contributed by atoms with Crippen molar-refractivity contribution in [1.82, 2.24) is 15.1 Å². The smallest absolute Gasteiger partial charge is 0.326 e. The Kier molecular flexibility index (Phi) is 5.11. The summed E-state index contributed by atoms with van der Waals surface area (Å²) >= 11 is 1.09. The fourth-order valence-electron chi connectivity index (χ4n) is 3.36. The van der Waals surface area contributed by atoms with Gasteiger partial charge in [-0.1, -0.05) is 41.7 Å². The molecule has 0 bridgehead atoms. The zero-order chi connectivity index (χ0) is 17.0. The number of nitrogens with zero attached hydrogens (tertiary/aromatic N) is 2. The van der Waals surface area contributed by atoms with Crippen LogP contribution in [0.4, 0.5) is 0 Å². The molecule has 1 N–H and O–H groups in total. The summed E-state index contributed by atoms with van der Waals surface area (Å²) in [4.78, 5) is 26.1. The molecule has 1 atom stereocenters. The van der Waals surface area contributed by atoms with E-state index < -0.39 is 5.54 Å². The zero-order valence-corrected chi connectivity index (χ0v) is 14.5. The predicted octanol–water partition coefficient (Wildman–Crippen LogP) is 1.97. The van der Waals surface area contributed by atoms with E-state index in [1.54, 1.807) is 0 Å². The van der Waals surface area contributed by atoms with Gasteiger partial charge in [-0.3, -0.25) is 14.5 Å². The first kappa shape index (κ1) is 16.9. The van der Waals surface area contributed by atoms with Crippen LogP contribution in [0.15, 0.2) is 35.1 Å². The van der Waals surface area contributed by atoms with Gasteiger partial charge in [-0.15, -0.1) is 0 Å². The highest BCUT2D eigenvalue weighted by atomic mass is 32.1. The van der Waals surface area contributed by atoms with Gasteiger partial charge in [0.15, 0.2) is 0 Å². The van der Waals surface area contributed by atoms with Gasteiger partial charge in [-0.25, -0.2) is 5.10 Å². The van der Waals surface area contributed by atoms with Crippen molar-refractivity contribution >= 4 is 17.3 Å². The molecule has 1 aromatic carbocycles. The van der Waals surface area contributed by atoms with Crippen molar-refractivity contribution < 1.29 is 9.53 Å². The summed E-state index contributed by atoms with van der Waals surface area (Å²) in [5.41, 5.74) is 0.416. The second-order valence-electron chi connectivity index (χ2n) is 5.95. The van der Waals surface area contributed by atoms with Crippen LogP contribution in [0.5, 0.6) is 0 Å². The lowest BCUT2D eigenvalue weighted by Gasteiger charge is -2.36. The molecule has 0 radical (unpaired) electrons. The van der Waals surface area contributed by atoms with E-state index in [0.717, 1.165) is 36.3 Å². The molecule has 1 aliphatic rings. The van der Waals surface area contributed by atoms with Gasteiger partial charge in [0.25, 0.3) is 0 Å². The molecule has 0 spiro atoms. The first-order valence-corrected chi connectivity index (χ1v) is 8.96. The van der Waals surface area contributed by atoms with Gasteiger partial charge in [-0.2, -0.15) is 5.10 Å². The largest absolute Gasteiger partial charge is 0.465 e. The molecule has 3 rings (SSSR count). The summed E-state index contributed by atoms with van der Waals surface area (Å²) in [5.74, 6) is -0.186. The van der Waals surface area contributed by atoms with Crippen molar-refractivity contribution in [3.05, 3.63) is 50.6 Å². The van der Waals surface area contributed by atoms with Gasteiger partial charge in [-0.05, 0) is 31.9 Å². The number of carbonyl (C=O) groups excluding carboxylic acids is 1. The van der Waals surface area contributed by atoms with E-state index in [0.29, 0.717) is 24.6 Å². The monoisotopic (exact) mass is 347 g/mol. The average Bonchev–Trinajstić information content (AvgIpc) is 3.16. The van der Waals surface area contributed by atoms with Crippen molar-refractivity contribution in [2.75, 3.05) is 13.2 Å². The molecular weight excluding hydrogens is 326 g/mol. The Labute approximate surface area is 144 Å². The summed E-state index contributed by atoms with van der Waals surface area (Å²) in [6, 6.07) is 9.99. The minimum Gasteiger partial charge on any atom is -0.465 e. The van der Waals surface area contributed by atoms with Crippen LogP contribution in [-0.4, -0.2) is 39.8 Å². The Hall–Kier alpha value is -1.99. The van der Waals surface area contributed by atoms with E-state index in [2.05, 4.69) is 15.1 Å². The molecule has 2 heterocycles. The standard InChI is InChI=1S/C17H21N3O3S/c1-2-23-15(21)17(11-13-7-4-3-5-8-13)9-6-10-20(17)12-14-18-19-16(22)24-14/h3-5,7-8H,2,6,9-12H2,1H3,(H,19,22)/t17-/m0/s1. The second kappa shape index (κ2) is 7.27. The number of hydrogen-bond donors (Lipinski definition) is 1. The van der Waals surface area contributed by atoms with Crippen molar-refractivity contribution in [3.63, 3.8) is 0 Å². The summed E-state index contributed by atoms with van der Waals surface area (Å²) in [6.07, 6.45) is 2.27. The molecule has 0 unspecified atom stereocenters. The lowest BCUT2D eigenvalue weighted by Crippen LogP contribution is -2.52. The number of carbonyl (C=O) groups is 1. The van der Waals surface area contributed by atoms with Crippen LogP contribution >= 0.6 is 11.3 Å². The van der Waals surface area contributed by atoms with E-state index in [4.69, 9.17) is 4.74 Å². The van der Waals surface area contributed by atoms with Crippen molar-refractivity contribution in [2.45, 2.75) is 38.3 Å². The molecule has 1 saturated heterocycles. The molecular formula is C17H21N3O3S. The predicted molar refractivity (Wildman–Crippen MR) is 91.9 cm³/mol. The minimum atomic E-state index is -0.688. The Morgan fingerprint density at radius 2 is 2.21 bits per heavy atom. The molecule has 1 aliphatic heterocycles. The lowest BCUT2D eigenvalue weighted by atomic mass is 9.88. The summed E-state index contributed by atoms with van der Waals surface area (Å²) in [7, 11) is 0. The molecule has 0 saturated carbocycles. The van der Waals surface area contributed by atoms with Gasteiger partial charge in [0, 0.05) is 6.42 Å². The second-order valence-corrected chi connectivity index (χ2v) is 6.99. The molecule has 0 amide bonds. The fraction of sp³-hybridized carbons (Fsp3) is 0.471. The van der Waals surface area contributed by atoms with E-state index in [1.165, 1.54) is 0 Å². The SMILES string of the molecule is CCOC(=O)[C@@]1(Cc2ccccc2)CCCN1Cc1n[nH]c(=O)s1. The molecule has 1 aromatic heterocycles. The zero-order valence-electron chi connectivity index (χ0n) is 13.7. The van der Waals surface area contributed by atoms with Crippen LogP contribution in [0.3, 0.4) is 0 Å². The Balaban J connectivity index is 1.89. The molecule has 7 heteroatoms. The summed E-state index contributed by atoms with van der Waals surface area (Å²) < 4.78 is 5.41. The number of ether oxygens (including phenoxy) is 1. The first-order valence-electron chi connectivity index (χ1n) is 8.14. The van der Waals surface area contributed by atoms with Crippen LogP contribution in [0, 0.1) is 0 Å². The first-order chi connectivity index (χ1) is 11.6. The Bertz CT molecular complexity index is 743. The Morgan fingerprint density at radius 1 is 1.42 bits per heavy atom. The van der Waals surface area contributed by atoms with Crippen molar-refractivity contribution in [1.29, 1.82) is 0 Å². The topological polar surface area (TPSA) is 75.3 Å². The van der Waals surface area contributed by atoms with E-state index in [9.17, 15) is 9.59 Å². The number of likely N-dealkylation sites (tertiary alicyclic amines) is 1. The Morgan fingerprint density at radius 3 is 2.88 bits per heavy atom. The van der Waals surface area contributed by atoms with Crippen LogP contribution in [0.1, 0.15) is 30.3 Å². The van der Waals surface area contributed by atoms with Gasteiger partial charge in [0.1, 0.15) is 10.5 Å². The number of H-pyrrole nitrogens is 1. The summed E-state index contributed by atoms with van der Waals surface area (Å²) in [6.45, 7) is 3.46. The fourth-order valence-corrected chi connectivity index (χ4v) is 3.98. The third-order valence-corrected chi connectivity index (χ3v) is 5.16. The van der Waals surface area contributed by atoms with E-state index in [-0.39, 0.29) is 10.8 Å². The number of nitrogens with one attached hydrogen (secondary N) is 1. The van der Waals surface area contributed by atoms with Crippen LogP contribution in [0.25, 0.3) is 0 Å². The van der Waals surface area contributed by atoms with Crippen LogP contribution < -0.4 is 4.87 Å². The number of aromatic nitrogens is 2. The minimum absolute atomic E-state index is 0.172. The highest BCUT2D eigenvalue weighted by Gasteiger charge is 2.48. The van der Waals surface area contributed by atoms with Gasteiger partial charge in [0.05, 0.1) is 13.2 Å². The maximum atomic E-state index is 12.8. The van der Waals surface area contributed by atoms with Crippen LogP contribution in [0.2, 0.25) is 0 Å². The highest BCUT2D eigenvalue weighted by Crippen LogP contribution is 2.35. The molecule has 128 valence electrons. The maximum absolute atomic E-state index is 12.8. The molecule has 1 fully saturated rings. The molecule has 24 heavy (non-hydrogen) atoms. The highest BCUT2D eigenvalue weighted by molar-refractivity contribution is 7.08. The molecule has 6 nitrogen and oxygen atoms in total. The van der Waals surface area contributed by atoms with Gasteiger partial charge < -0.3 is 4.74 Å². The number of esters is 1. The van der Waals surface area contributed by atoms with Gasteiger partial charge >= 0.3 is 10.8 Å². The molecule has 2 aromatic rings. The average molecular weight is 347 g/mol. The van der Waals surface area contributed by atoms with E-state index in [1.807, 2.05) is 37.3 Å². The number of benzene rings is 1. The number of rotatable bonds is 6. The quantitative estimate of drug-likeness (QED) is 0.809. The van der Waals surface area contributed by atoms with Crippen molar-refractivity contribution in [2.24, 2.45) is 0 Å². The van der Waals surface area contributed by atoms with Crippen LogP contribution in [-0.2, 0) is 22.5 Å². The number of aromatic amines is 1. The number of hydrogen-bond acceptors (Lipinski definition) is 6. The van der Waals surface area contributed by atoms with Crippen molar-refractivity contribution in [3.8, 4) is 0 Å². The normalized spacial score (nSPS) is 21.0.